The molecule has 1 fully saturated rings. The van der Waals surface area contributed by atoms with Crippen molar-refractivity contribution in [1.29, 1.82) is 0 Å². The number of halogens is 1. The number of carboxylic acid groups (broad SMARTS) is 1. The first-order valence-corrected chi connectivity index (χ1v) is 11.7. The van der Waals surface area contributed by atoms with Crippen LogP contribution in [0.4, 0.5) is 4.79 Å². The summed E-state index contributed by atoms with van der Waals surface area (Å²) in [6.45, 7) is 13.4. The molecule has 0 bridgehead atoms. The zero-order chi connectivity index (χ0) is 24.6. The number of carbonyl (C=O) groups is 1. The molecule has 1 aliphatic rings. The molecule has 0 spiro atoms. The number of benzene rings is 1. The molecule has 33 heavy (non-hydrogen) atoms. The predicted molar refractivity (Wildman–Crippen MR) is 134 cm³/mol. The molecular weight excluding hydrogens is 436 g/mol. The van der Waals surface area contributed by atoms with Crippen LogP contribution in [0.2, 0.25) is 5.02 Å². The first kappa shape index (κ1) is 25.1. The topological polar surface area (TPSA) is 62.7 Å². The molecule has 2 heterocycles. The van der Waals surface area contributed by atoms with Gasteiger partial charge in [-0.05, 0) is 40.5 Å². The summed E-state index contributed by atoms with van der Waals surface area (Å²) in [6.07, 6.45) is 2.09. The number of amides is 1. The third kappa shape index (κ3) is 5.52. The fourth-order valence-electron chi connectivity index (χ4n) is 4.73. The summed E-state index contributed by atoms with van der Waals surface area (Å²) in [5.74, 6) is 0.430. The van der Waals surface area contributed by atoms with Gasteiger partial charge in [0.2, 0.25) is 5.88 Å². The number of hydrogen-bond acceptors (Lipinski definition) is 3. The van der Waals surface area contributed by atoms with E-state index in [-0.39, 0.29) is 22.8 Å². The minimum Gasteiger partial charge on any atom is -0.480 e. The third-order valence-electron chi connectivity index (χ3n) is 6.30. The van der Waals surface area contributed by atoms with Gasteiger partial charge in [-0.1, -0.05) is 83.5 Å². The fraction of sp³-hybridized carbons (Fsp3) is 0.481. The Morgan fingerprint density at radius 2 is 1.76 bits per heavy atom. The Kier molecular flexibility index (Phi) is 7.13. The molecule has 1 aromatic heterocycles. The van der Waals surface area contributed by atoms with E-state index in [4.69, 9.17) is 16.3 Å². The molecule has 3 rings (SSSR count). The lowest BCUT2D eigenvalue weighted by molar-refractivity contribution is 0.0978. The lowest BCUT2D eigenvalue weighted by atomic mass is 9.78. The molecule has 1 unspecified atom stereocenters. The number of likely N-dealkylation sites (tertiary alicyclic amines) is 1. The van der Waals surface area contributed by atoms with E-state index in [0.29, 0.717) is 17.4 Å². The Morgan fingerprint density at radius 3 is 2.27 bits per heavy atom. The van der Waals surface area contributed by atoms with Crippen LogP contribution in [0.15, 0.2) is 42.5 Å². The van der Waals surface area contributed by atoms with Crippen molar-refractivity contribution in [3.63, 3.8) is 0 Å². The molecule has 1 aromatic carbocycles. The first-order valence-electron chi connectivity index (χ1n) is 11.4. The number of ether oxygens (including phenoxy) is 1. The molecule has 1 N–H and O–H groups in total. The molecule has 2 atom stereocenters. The highest BCUT2D eigenvalue weighted by atomic mass is 35.5. The van der Waals surface area contributed by atoms with Crippen LogP contribution in [0.25, 0.3) is 5.57 Å². The van der Waals surface area contributed by atoms with E-state index in [0.717, 1.165) is 23.3 Å². The van der Waals surface area contributed by atoms with Gasteiger partial charge in [-0.25, -0.2) is 9.78 Å². The average molecular weight is 471 g/mol. The Morgan fingerprint density at radius 1 is 1.12 bits per heavy atom. The Bertz CT molecular complexity index is 1030. The van der Waals surface area contributed by atoms with Crippen molar-refractivity contribution >= 4 is 23.3 Å². The molecule has 0 saturated carbocycles. The summed E-state index contributed by atoms with van der Waals surface area (Å²) in [4.78, 5) is 18.2. The number of nitrogens with zero attached hydrogens (tertiary/aromatic N) is 2. The predicted octanol–water partition coefficient (Wildman–Crippen LogP) is 6.89. The van der Waals surface area contributed by atoms with Crippen molar-refractivity contribution in [3.8, 4) is 5.88 Å². The van der Waals surface area contributed by atoms with Crippen LogP contribution in [0, 0.1) is 11.3 Å². The molecular formula is C27H35ClN2O3. The normalized spacial score (nSPS) is 19.6. The van der Waals surface area contributed by atoms with Gasteiger partial charge in [0.25, 0.3) is 0 Å². The molecule has 1 saturated heterocycles. The molecule has 178 valence electrons. The highest BCUT2D eigenvalue weighted by molar-refractivity contribution is 6.31. The maximum Gasteiger partial charge on any atom is 0.407 e. The number of aromatic nitrogens is 1. The quantitative estimate of drug-likeness (QED) is 0.528. The van der Waals surface area contributed by atoms with E-state index in [2.05, 4.69) is 76.9 Å². The molecule has 1 amide bonds. The Balaban J connectivity index is 2.15. The summed E-state index contributed by atoms with van der Waals surface area (Å²) in [5.41, 5.74) is 3.83. The summed E-state index contributed by atoms with van der Waals surface area (Å²) < 4.78 is 5.37. The SMILES string of the molecule is COc1nc(C(=C[C@H]2CCN(C(=O)O)C2C(C)(C)C)c2ccc(C(C)(C)C)cc2)ccc1Cl. The van der Waals surface area contributed by atoms with Crippen LogP contribution >= 0.6 is 11.6 Å². The smallest absolute Gasteiger partial charge is 0.407 e. The molecule has 2 aromatic rings. The monoisotopic (exact) mass is 470 g/mol. The van der Waals surface area contributed by atoms with Gasteiger partial charge in [-0.15, -0.1) is 0 Å². The van der Waals surface area contributed by atoms with Crippen molar-refractivity contribution < 1.29 is 14.6 Å². The van der Waals surface area contributed by atoms with Crippen LogP contribution in [0.3, 0.4) is 0 Å². The molecule has 6 heteroatoms. The molecule has 0 radical (unpaired) electrons. The molecule has 5 nitrogen and oxygen atoms in total. The van der Waals surface area contributed by atoms with Gasteiger partial charge in [0, 0.05) is 24.1 Å². The van der Waals surface area contributed by atoms with Gasteiger partial charge in [0.1, 0.15) is 5.02 Å². The van der Waals surface area contributed by atoms with E-state index < -0.39 is 6.09 Å². The number of pyridine rings is 1. The van der Waals surface area contributed by atoms with Crippen LogP contribution in [0.5, 0.6) is 5.88 Å². The van der Waals surface area contributed by atoms with Crippen molar-refractivity contribution in [3.05, 3.63) is 64.3 Å². The highest BCUT2D eigenvalue weighted by Crippen LogP contribution is 2.40. The van der Waals surface area contributed by atoms with Crippen molar-refractivity contribution in [1.82, 2.24) is 9.88 Å². The van der Waals surface area contributed by atoms with Crippen LogP contribution in [-0.2, 0) is 5.41 Å². The van der Waals surface area contributed by atoms with Crippen molar-refractivity contribution in [2.24, 2.45) is 11.3 Å². The zero-order valence-electron chi connectivity index (χ0n) is 20.6. The fourth-order valence-corrected chi connectivity index (χ4v) is 4.91. The lowest BCUT2D eigenvalue weighted by Gasteiger charge is -2.36. The second-order valence-electron chi connectivity index (χ2n) is 10.8. The standard InChI is InChI=1S/C27H35ClN2O3/c1-26(2,3)19-10-8-17(9-11-19)20(22-13-12-21(28)24(29-22)33-7)16-18-14-15-30(25(31)32)23(18)27(4,5)6/h8-13,16,18,23H,14-15H2,1-7H3,(H,31,32)/t18-,23?/m1/s1. The summed E-state index contributed by atoms with van der Waals surface area (Å²) >= 11 is 6.25. The third-order valence-corrected chi connectivity index (χ3v) is 6.59. The summed E-state index contributed by atoms with van der Waals surface area (Å²) in [5, 5.41) is 10.3. The minimum absolute atomic E-state index is 0.0505. The Hall–Kier alpha value is -2.53. The van der Waals surface area contributed by atoms with Gasteiger partial charge >= 0.3 is 6.09 Å². The highest BCUT2D eigenvalue weighted by Gasteiger charge is 2.43. The van der Waals surface area contributed by atoms with Gasteiger partial charge in [0.05, 0.1) is 12.8 Å². The largest absolute Gasteiger partial charge is 0.480 e. The second-order valence-corrected chi connectivity index (χ2v) is 11.2. The Labute approximate surface area is 202 Å². The molecule has 0 aliphatic carbocycles. The van der Waals surface area contributed by atoms with Gasteiger partial charge in [-0.2, -0.15) is 0 Å². The maximum atomic E-state index is 11.9. The number of rotatable bonds is 4. The summed E-state index contributed by atoms with van der Waals surface area (Å²) in [6, 6.07) is 12.1. The maximum absolute atomic E-state index is 11.9. The summed E-state index contributed by atoms with van der Waals surface area (Å²) in [7, 11) is 1.55. The van der Waals surface area contributed by atoms with Gasteiger partial charge in [-0.3, -0.25) is 0 Å². The van der Waals surface area contributed by atoms with Crippen LogP contribution in [-0.4, -0.2) is 40.8 Å². The first-order chi connectivity index (χ1) is 15.3. The van der Waals surface area contributed by atoms with Crippen LogP contribution in [0.1, 0.15) is 64.8 Å². The average Bonchev–Trinajstić information content (AvgIpc) is 3.17. The van der Waals surface area contributed by atoms with Crippen molar-refractivity contribution in [2.75, 3.05) is 13.7 Å². The van der Waals surface area contributed by atoms with E-state index in [1.807, 2.05) is 6.07 Å². The number of hydrogen-bond donors (Lipinski definition) is 1. The molecule has 1 aliphatic heterocycles. The minimum atomic E-state index is -0.867. The van der Waals surface area contributed by atoms with E-state index in [1.165, 1.54) is 5.56 Å². The van der Waals surface area contributed by atoms with E-state index in [1.54, 1.807) is 18.1 Å². The van der Waals surface area contributed by atoms with Crippen LogP contribution < -0.4 is 4.74 Å². The van der Waals surface area contributed by atoms with E-state index >= 15 is 0 Å². The van der Waals surface area contributed by atoms with Gasteiger partial charge < -0.3 is 14.7 Å². The second kappa shape index (κ2) is 9.38. The number of methoxy groups -OCH3 is 1. The lowest BCUT2D eigenvalue weighted by Crippen LogP contribution is -2.45. The van der Waals surface area contributed by atoms with Gasteiger partial charge in [0.15, 0.2) is 0 Å². The van der Waals surface area contributed by atoms with E-state index in [9.17, 15) is 9.90 Å². The van der Waals surface area contributed by atoms with Crippen molar-refractivity contribution in [2.45, 2.75) is 59.4 Å². The zero-order valence-corrected chi connectivity index (χ0v) is 21.4.